The van der Waals surface area contributed by atoms with Crippen molar-refractivity contribution >= 4 is 70.5 Å². The zero-order chi connectivity index (χ0) is 27.4. The van der Waals surface area contributed by atoms with Crippen molar-refractivity contribution in [3.05, 3.63) is 133 Å². The van der Waals surface area contributed by atoms with Gasteiger partial charge in [0, 0.05) is 20.9 Å². The first kappa shape index (κ1) is 22.5. The molecule has 4 heteroatoms. The molecule has 1 atom stereocenters. The fraction of sp³-hybridized carbons (Fsp3) is 0.0263. The molecule has 8 aromatic rings. The lowest BCUT2D eigenvalue weighted by molar-refractivity contribution is 0.971. The molecule has 1 aliphatic heterocycles. The molecule has 1 unspecified atom stereocenters. The first-order chi connectivity index (χ1) is 20.8. The Hall–Kier alpha value is -5.19. The maximum Gasteiger partial charge on any atom is 0.141 e. The number of anilines is 1. The normalized spacial score (nSPS) is 15.2. The van der Waals surface area contributed by atoms with Crippen LogP contribution in [0, 0.1) is 0 Å². The standard InChI is InChI=1S/C38H23N3S/c1-2-10-23(11-3-1)35-37(39-36-28-14-4-5-21-31(28)42-38(36)40-35)41-29-19-8-17-26-24-15-6-12-22-13-7-16-25(32(22)24)27-18-9-20-30(41)34(27)33(26)29/h1-21,35,40H. The Morgan fingerprint density at radius 1 is 0.571 bits per heavy atom. The van der Waals surface area contributed by atoms with Crippen LogP contribution in [0.5, 0.6) is 0 Å². The van der Waals surface area contributed by atoms with Gasteiger partial charge >= 0.3 is 0 Å². The van der Waals surface area contributed by atoms with E-state index in [9.17, 15) is 0 Å². The monoisotopic (exact) mass is 553 g/mol. The third-order valence-corrected chi connectivity index (χ3v) is 10.1. The van der Waals surface area contributed by atoms with E-state index >= 15 is 0 Å². The summed E-state index contributed by atoms with van der Waals surface area (Å²) in [7, 11) is 0. The van der Waals surface area contributed by atoms with E-state index in [4.69, 9.17) is 4.99 Å². The van der Waals surface area contributed by atoms with E-state index in [-0.39, 0.29) is 6.04 Å². The number of aromatic nitrogens is 1. The lowest BCUT2D eigenvalue weighted by atomic mass is 9.93. The Bertz CT molecular complexity index is 2350. The van der Waals surface area contributed by atoms with E-state index in [1.54, 1.807) is 11.3 Å². The van der Waals surface area contributed by atoms with Crippen LogP contribution in [-0.4, -0.2) is 10.4 Å². The van der Waals surface area contributed by atoms with Crippen molar-refractivity contribution in [1.82, 2.24) is 4.57 Å². The maximum absolute atomic E-state index is 5.55. The Morgan fingerprint density at radius 2 is 1.17 bits per heavy atom. The number of rotatable bonds is 1. The Labute approximate surface area is 246 Å². The number of nitrogens with zero attached hydrogens (tertiary/aromatic N) is 2. The number of hydrogen-bond acceptors (Lipinski definition) is 3. The number of benzene rings is 6. The van der Waals surface area contributed by atoms with Crippen molar-refractivity contribution in [2.45, 2.75) is 6.04 Å². The fourth-order valence-corrected chi connectivity index (χ4v) is 8.34. The van der Waals surface area contributed by atoms with Crippen molar-refractivity contribution in [3.8, 4) is 22.3 Å². The van der Waals surface area contributed by atoms with Gasteiger partial charge in [0.15, 0.2) is 0 Å². The summed E-state index contributed by atoms with van der Waals surface area (Å²) in [5, 5.41) is 11.4. The molecule has 2 aromatic heterocycles. The molecule has 0 fully saturated rings. The number of hydrogen-bond donors (Lipinski definition) is 1. The molecule has 0 bridgehead atoms. The highest BCUT2D eigenvalue weighted by atomic mass is 32.1. The average Bonchev–Trinajstić information content (AvgIpc) is 3.55. The molecule has 6 aromatic carbocycles. The molecule has 0 spiro atoms. The lowest BCUT2D eigenvalue weighted by Crippen LogP contribution is -2.29. The highest BCUT2D eigenvalue weighted by Gasteiger charge is 2.32. The zero-order valence-electron chi connectivity index (χ0n) is 22.5. The minimum absolute atomic E-state index is 0.100. The van der Waals surface area contributed by atoms with Crippen molar-refractivity contribution in [1.29, 1.82) is 0 Å². The van der Waals surface area contributed by atoms with Gasteiger partial charge in [0.1, 0.15) is 22.6 Å². The van der Waals surface area contributed by atoms with Gasteiger partial charge in [0.25, 0.3) is 0 Å². The van der Waals surface area contributed by atoms with Gasteiger partial charge in [-0.2, -0.15) is 0 Å². The fourth-order valence-electron chi connectivity index (χ4n) is 7.27. The topological polar surface area (TPSA) is 29.3 Å². The van der Waals surface area contributed by atoms with Gasteiger partial charge in [-0.3, -0.25) is 4.57 Å². The molecule has 1 N–H and O–H groups in total. The minimum atomic E-state index is -0.100. The second kappa shape index (κ2) is 8.19. The maximum atomic E-state index is 5.55. The Balaban J connectivity index is 1.37. The lowest BCUT2D eigenvalue weighted by Gasteiger charge is -2.27. The molecule has 0 amide bonds. The van der Waals surface area contributed by atoms with E-state index in [0.29, 0.717) is 0 Å². The van der Waals surface area contributed by atoms with Crippen molar-refractivity contribution < 1.29 is 0 Å². The predicted molar refractivity (Wildman–Crippen MR) is 179 cm³/mol. The van der Waals surface area contributed by atoms with Crippen LogP contribution in [0.25, 0.3) is 64.9 Å². The summed E-state index contributed by atoms with van der Waals surface area (Å²) < 4.78 is 3.67. The number of fused-ring (bicyclic) bond motifs is 5. The van der Waals surface area contributed by atoms with Crippen LogP contribution in [0.15, 0.2) is 132 Å². The molecule has 196 valence electrons. The van der Waals surface area contributed by atoms with E-state index in [0.717, 1.165) is 16.5 Å². The van der Waals surface area contributed by atoms with Crippen molar-refractivity contribution in [2.75, 3.05) is 5.32 Å². The summed E-state index contributed by atoms with van der Waals surface area (Å²) in [6, 6.07) is 46.2. The van der Waals surface area contributed by atoms with Crippen LogP contribution in [-0.2, 0) is 0 Å². The van der Waals surface area contributed by atoms with Crippen LogP contribution in [0.3, 0.4) is 0 Å². The molecular formula is C38H23N3S. The third kappa shape index (κ3) is 2.87. The van der Waals surface area contributed by atoms with Gasteiger partial charge in [0.05, 0.1) is 11.0 Å². The Kier molecular flexibility index (Phi) is 4.38. The summed E-state index contributed by atoms with van der Waals surface area (Å²) in [4.78, 5) is 5.55. The van der Waals surface area contributed by atoms with E-state index in [2.05, 4.69) is 137 Å². The summed E-state index contributed by atoms with van der Waals surface area (Å²) in [5.74, 6) is 0.999. The van der Waals surface area contributed by atoms with Crippen molar-refractivity contribution in [3.63, 3.8) is 0 Å². The first-order valence-electron chi connectivity index (χ1n) is 14.4. The third-order valence-electron chi connectivity index (χ3n) is 8.99. The molecule has 0 saturated carbocycles. The molecule has 2 aliphatic rings. The molecule has 42 heavy (non-hydrogen) atoms. The van der Waals surface area contributed by atoms with Gasteiger partial charge in [-0.1, -0.05) is 109 Å². The summed E-state index contributed by atoms with van der Waals surface area (Å²) in [6.45, 7) is 0. The van der Waals surface area contributed by atoms with Crippen LogP contribution < -0.4 is 5.32 Å². The highest BCUT2D eigenvalue weighted by Crippen LogP contribution is 2.51. The van der Waals surface area contributed by atoms with E-state index in [1.165, 1.54) is 70.5 Å². The summed E-state index contributed by atoms with van der Waals surface area (Å²) in [6.07, 6.45) is 0. The van der Waals surface area contributed by atoms with E-state index in [1.807, 2.05) is 0 Å². The molecular weight excluding hydrogens is 531 g/mol. The number of aliphatic imine (C=N–C) groups is 1. The molecule has 0 radical (unpaired) electrons. The van der Waals surface area contributed by atoms with Crippen LogP contribution in [0.2, 0.25) is 0 Å². The highest BCUT2D eigenvalue weighted by molar-refractivity contribution is 7.23. The molecule has 1 aliphatic carbocycles. The smallest absolute Gasteiger partial charge is 0.141 e. The average molecular weight is 554 g/mol. The van der Waals surface area contributed by atoms with E-state index < -0.39 is 0 Å². The van der Waals surface area contributed by atoms with Gasteiger partial charge in [-0.15, -0.1) is 11.3 Å². The SMILES string of the molecule is c1ccc(C2Nc3sc4ccccc4c3N=C2n2c3cccc4c3c3c(cccc32)-c2cccc3cccc-4c23)cc1. The number of thiophene rings is 1. The number of nitrogens with one attached hydrogen (secondary N) is 1. The Morgan fingerprint density at radius 3 is 1.86 bits per heavy atom. The largest absolute Gasteiger partial charge is 0.361 e. The predicted octanol–water partition coefficient (Wildman–Crippen LogP) is 10.6. The second-order valence-corrected chi connectivity index (χ2v) is 12.2. The second-order valence-electron chi connectivity index (χ2n) is 11.2. The quantitative estimate of drug-likeness (QED) is 0.215. The van der Waals surface area contributed by atoms with Gasteiger partial charge in [-0.05, 0) is 56.8 Å². The van der Waals surface area contributed by atoms with Gasteiger partial charge < -0.3 is 5.32 Å². The van der Waals surface area contributed by atoms with Crippen LogP contribution >= 0.6 is 11.3 Å². The van der Waals surface area contributed by atoms with Gasteiger partial charge in [0.2, 0.25) is 0 Å². The van der Waals surface area contributed by atoms with Crippen LogP contribution in [0.1, 0.15) is 11.6 Å². The van der Waals surface area contributed by atoms with Gasteiger partial charge in [-0.25, -0.2) is 4.99 Å². The van der Waals surface area contributed by atoms with Crippen molar-refractivity contribution in [2.24, 2.45) is 4.99 Å². The first-order valence-corrected chi connectivity index (χ1v) is 15.2. The molecule has 3 heterocycles. The van der Waals surface area contributed by atoms with Crippen LogP contribution in [0.4, 0.5) is 10.7 Å². The molecule has 0 saturated heterocycles. The summed E-state index contributed by atoms with van der Waals surface area (Å²) >= 11 is 1.78. The molecule has 10 rings (SSSR count). The minimum Gasteiger partial charge on any atom is -0.361 e. The summed E-state index contributed by atoms with van der Waals surface area (Å²) in [5.41, 5.74) is 9.74. The molecule has 3 nitrogen and oxygen atoms in total. The zero-order valence-corrected chi connectivity index (χ0v) is 23.3.